The molecule has 120 valence electrons. The van der Waals surface area contributed by atoms with Gasteiger partial charge in [0.15, 0.2) is 11.6 Å². The predicted octanol–water partition coefficient (Wildman–Crippen LogP) is 0.402. The highest BCUT2D eigenvalue weighted by molar-refractivity contribution is 6.04. The highest BCUT2D eigenvalue weighted by atomic mass is 19.1. The quantitative estimate of drug-likeness (QED) is 0.837. The molecule has 2 aliphatic heterocycles. The van der Waals surface area contributed by atoms with Crippen molar-refractivity contribution in [2.45, 2.75) is 19.0 Å². The molecular weight excluding hydrogens is 299 g/mol. The molecule has 1 fully saturated rings. The third-order valence-electron chi connectivity index (χ3n) is 4.37. The van der Waals surface area contributed by atoms with Crippen molar-refractivity contribution in [2.75, 3.05) is 18.0 Å². The van der Waals surface area contributed by atoms with E-state index in [2.05, 4.69) is 15.4 Å². The number of aromatic nitrogens is 3. The molecule has 1 unspecified atom stereocenters. The molecule has 3 N–H and O–H groups in total. The summed E-state index contributed by atoms with van der Waals surface area (Å²) in [5.41, 5.74) is 7.78. The number of nitrogens with two attached hydrogens (primary N) is 1. The Morgan fingerprint density at radius 2 is 2.30 bits per heavy atom. The number of carbonyl (C=O) groups is 1. The van der Waals surface area contributed by atoms with Gasteiger partial charge in [-0.15, -0.1) is 0 Å². The Bertz CT molecular complexity index is 802. The van der Waals surface area contributed by atoms with Gasteiger partial charge in [-0.2, -0.15) is 5.10 Å². The number of anilines is 1. The minimum absolute atomic E-state index is 0.0195. The monoisotopic (exact) mass is 316 g/mol. The molecule has 7 nitrogen and oxygen atoms in total. The third kappa shape index (κ3) is 2.17. The van der Waals surface area contributed by atoms with Gasteiger partial charge in [0.05, 0.1) is 17.5 Å². The number of pyridine rings is 1. The SMILES string of the molecule is Cn1cc(-c2nc(N3CCC(N)C3)c(F)c3c2C(=O)NC3)cn1. The van der Waals surface area contributed by atoms with Crippen molar-refractivity contribution in [1.29, 1.82) is 0 Å². The third-order valence-corrected chi connectivity index (χ3v) is 4.37. The first-order chi connectivity index (χ1) is 11.0. The number of rotatable bonds is 2. The van der Waals surface area contributed by atoms with Crippen LogP contribution in [-0.4, -0.2) is 39.8 Å². The minimum atomic E-state index is -0.430. The molecule has 0 spiro atoms. The van der Waals surface area contributed by atoms with Crippen LogP contribution in [-0.2, 0) is 13.6 Å². The molecule has 2 aromatic rings. The Morgan fingerprint density at radius 3 is 2.96 bits per heavy atom. The lowest BCUT2D eigenvalue weighted by Crippen LogP contribution is -2.28. The number of halogens is 1. The van der Waals surface area contributed by atoms with Gasteiger partial charge in [0.25, 0.3) is 5.91 Å². The maximum absolute atomic E-state index is 14.9. The average Bonchev–Trinajstić information content (AvgIpc) is 3.22. The fraction of sp³-hybridized carbons (Fsp3) is 0.400. The van der Waals surface area contributed by atoms with E-state index in [0.29, 0.717) is 35.5 Å². The lowest BCUT2D eigenvalue weighted by molar-refractivity contribution is 0.0966. The lowest BCUT2D eigenvalue weighted by Gasteiger charge is -2.20. The van der Waals surface area contributed by atoms with Crippen LogP contribution < -0.4 is 16.0 Å². The van der Waals surface area contributed by atoms with E-state index < -0.39 is 5.82 Å². The number of nitrogens with zero attached hydrogens (tertiary/aromatic N) is 4. The minimum Gasteiger partial charge on any atom is -0.353 e. The zero-order valence-electron chi connectivity index (χ0n) is 12.7. The van der Waals surface area contributed by atoms with Gasteiger partial charge in [0.2, 0.25) is 0 Å². The Labute approximate surface area is 132 Å². The van der Waals surface area contributed by atoms with Crippen molar-refractivity contribution >= 4 is 11.7 Å². The molecular formula is C15H17FN6O. The first-order valence-corrected chi connectivity index (χ1v) is 7.54. The van der Waals surface area contributed by atoms with Crippen LogP contribution in [0.2, 0.25) is 0 Å². The Morgan fingerprint density at radius 1 is 1.48 bits per heavy atom. The number of nitrogens with one attached hydrogen (secondary N) is 1. The van der Waals surface area contributed by atoms with E-state index in [9.17, 15) is 9.18 Å². The van der Waals surface area contributed by atoms with Crippen molar-refractivity contribution in [3.63, 3.8) is 0 Å². The number of amides is 1. The molecule has 2 aliphatic rings. The summed E-state index contributed by atoms with van der Waals surface area (Å²) in [6.07, 6.45) is 4.20. The summed E-state index contributed by atoms with van der Waals surface area (Å²) >= 11 is 0. The summed E-state index contributed by atoms with van der Waals surface area (Å²) < 4.78 is 16.5. The van der Waals surface area contributed by atoms with E-state index in [-0.39, 0.29) is 24.3 Å². The van der Waals surface area contributed by atoms with Gasteiger partial charge >= 0.3 is 0 Å². The first kappa shape index (κ1) is 14.1. The molecule has 0 saturated carbocycles. The van der Waals surface area contributed by atoms with Gasteiger partial charge < -0.3 is 16.0 Å². The molecule has 4 rings (SSSR count). The van der Waals surface area contributed by atoms with E-state index in [1.54, 1.807) is 24.1 Å². The van der Waals surface area contributed by atoms with E-state index >= 15 is 0 Å². The van der Waals surface area contributed by atoms with Gasteiger partial charge in [-0.05, 0) is 6.42 Å². The van der Waals surface area contributed by atoms with E-state index in [1.807, 2.05) is 4.90 Å². The average molecular weight is 316 g/mol. The van der Waals surface area contributed by atoms with Crippen LogP contribution >= 0.6 is 0 Å². The molecule has 2 aromatic heterocycles. The largest absolute Gasteiger partial charge is 0.353 e. The topological polar surface area (TPSA) is 89.1 Å². The normalized spacial score (nSPS) is 20.0. The highest BCUT2D eigenvalue weighted by Crippen LogP contribution is 2.34. The first-order valence-electron chi connectivity index (χ1n) is 7.54. The van der Waals surface area contributed by atoms with Crippen molar-refractivity contribution in [3.05, 3.63) is 29.3 Å². The molecule has 1 saturated heterocycles. The van der Waals surface area contributed by atoms with Crippen LogP contribution in [0, 0.1) is 5.82 Å². The van der Waals surface area contributed by atoms with Crippen molar-refractivity contribution in [2.24, 2.45) is 12.8 Å². The van der Waals surface area contributed by atoms with Crippen molar-refractivity contribution in [3.8, 4) is 11.3 Å². The maximum Gasteiger partial charge on any atom is 0.254 e. The van der Waals surface area contributed by atoms with Crippen LogP contribution in [0.4, 0.5) is 10.2 Å². The van der Waals surface area contributed by atoms with Crippen LogP contribution in [0.15, 0.2) is 12.4 Å². The van der Waals surface area contributed by atoms with Gasteiger partial charge in [-0.1, -0.05) is 0 Å². The van der Waals surface area contributed by atoms with Gasteiger partial charge in [0, 0.05) is 50.0 Å². The van der Waals surface area contributed by atoms with Crippen LogP contribution in [0.5, 0.6) is 0 Å². The Balaban J connectivity index is 1.91. The molecule has 8 heteroatoms. The van der Waals surface area contributed by atoms with Gasteiger partial charge in [0.1, 0.15) is 0 Å². The van der Waals surface area contributed by atoms with Crippen LogP contribution in [0.3, 0.4) is 0 Å². The predicted molar refractivity (Wildman–Crippen MR) is 82.4 cm³/mol. The molecule has 1 atom stereocenters. The smallest absolute Gasteiger partial charge is 0.254 e. The molecule has 0 aliphatic carbocycles. The molecule has 23 heavy (non-hydrogen) atoms. The number of carbonyl (C=O) groups excluding carboxylic acids is 1. The summed E-state index contributed by atoms with van der Waals surface area (Å²) in [6.45, 7) is 1.41. The number of hydrogen-bond acceptors (Lipinski definition) is 5. The summed E-state index contributed by atoms with van der Waals surface area (Å²) in [6, 6.07) is 0.0195. The Hall–Kier alpha value is -2.48. The highest BCUT2D eigenvalue weighted by Gasteiger charge is 2.33. The second kappa shape index (κ2) is 5.02. The zero-order valence-corrected chi connectivity index (χ0v) is 12.7. The molecule has 1 amide bonds. The van der Waals surface area contributed by atoms with Crippen LogP contribution in [0.1, 0.15) is 22.3 Å². The molecule has 0 bridgehead atoms. The Kier molecular flexibility index (Phi) is 3.08. The molecule has 4 heterocycles. The number of hydrogen-bond donors (Lipinski definition) is 2. The van der Waals surface area contributed by atoms with Crippen LogP contribution in [0.25, 0.3) is 11.3 Å². The maximum atomic E-state index is 14.9. The summed E-state index contributed by atoms with van der Waals surface area (Å²) in [4.78, 5) is 18.5. The molecule has 0 radical (unpaired) electrons. The van der Waals surface area contributed by atoms with Gasteiger partial charge in [-0.25, -0.2) is 9.37 Å². The fourth-order valence-electron chi connectivity index (χ4n) is 3.21. The van der Waals surface area contributed by atoms with Crippen molar-refractivity contribution in [1.82, 2.24) is 20.1 Å². The number of aryl methyl sites for hydroxylation is 1. The standard InChI is InChI=1S/C15H17FN6O/c1-21-6-8(4-19-21)13-11-10(5-18-15(11)23)12(16)14(20-13)22-3-2-9(17)7-22/h4,6,9H,2-3,5,7,17H2,1H3,(H,18,23). The number of fused-ring (bicyclic) bond motifs is 1. The van der Waals surface area contributed by atoms with E-state index in [4.69, 9.17) is 5.73 Å². The van der Waals surface area contributed by atoms with E-state index in [0.717, 1.165) is 6.42 Å². The second-order valence-electron chi connectivity index (χ2n) is 6.03. The van der Waals surface area contributed by atoms with Gasteiger partial charge in [-0.3, -0.25) is 9.48 Å². The summed E-state index contributed by atoms with van der Waals surface area (Å²) in [5, 5.41) is 6.80. The molecule has 0 aromatic carbocycles. The van der Waals surface area contributed by atoms with E-state index in [1.165, 1.54) is 0 Å². The second-order valence-corrected chi connectivity index (χ2v) is 6.03. The van der Waals surface area contributed by atoms with Crippen molar-refractivity contribution < 1.29 is 9.18 Å². The fourth-order valence-corrected chi connectivity index (χ4v) is 3.21. The summed E-state index contributed by atoms with van der Waals surface area (Å²) in [7, 11) is 1.79. The zero-order chi connectivity index (χ0) is 16.1. The summed E-state index contributed by atoms with van der Waals surface area (Å²) in [5.74, 6) is -0.456. The lowest BCUT2D eigenvalue weighted by atomic mass is 10.0.